The summed E-state index contributed by atoms with van der Waals surface area (Å²) in [6.07, 6.45) is -0.414. The van der Waals surface area contributed by atoms with Crippen LogP contribution in [0.2, 0.25) is 0 Å². The zero-order chi connectivity index (χ0) is 36.6. The zero-order valence-corrected chi connectivity index (χ0v) is 26.3. The molecule has 0 aliphatic carbocycles. The summed E-state index contributed by atoms with van der Waals surface area (Å²) in [5.41, 5.74) is -9.22. The maximum absolute atomic E-state index is 16.0. The van der Waals surface area contributed by atoms with Gasteiger partial charge in [0, 0.05) is 11.1 Å². The standard InChI is InChI=1S/C30H18F14O2.ClH.Mg/c1-2-3-4-5-6-7-8-30(29(45)46,13-15(31)9-11(17(33)23(13)39)21(37)27(43)25(41)19(9)35)14-16(32)10-12(18(34)24(14)40)22(38)28(44)26(42)20(10)36;;/h2-8H2,1H3,(H,45,46);1H;/q;;+2/p-2. The molecule has 48 heavy (non-hydrogen) atoms. The monoisotopic (exact) mass is 734 g/mol. The first-order valence-corrected chi connectivity index (χ1v) is 15.8. The predicted octanol–water partition coefficient (Wildman–Crippen LogP) is 9.04. The summed E-state index contributed by atoms with van der Waals surface area (Å²) in [6, 6.07) is 0. The van der Waals surface area contributed by atoms with Crippen molar-refractivity contribution in [1.29, 1.82) is 0 Å². The van der Waals surface area contributed by atoms with Gasteiger partial charge in [-0.3, -0.25) is 0 Å². The first kappa shape index (κ1) is 39.4. The van der Waals surface area contributed by atoms with Gasteiger partial charge in [-0.15, -0.1) is 0 Å². The van der Waals surface area contributed by atoms with Crippen molar-refractivity contribution in [3.8, 4) is 0 Å². The maximum atomic E-state index is 16.0. The number of benzene rings is 4. The number of rotatable bonds is 10. The number of hydrogen-bond acceptors (Lipinski definition) is 2. The molecular formula is C30H17ClF14MgO2. The number of hydrogen-bond donors (Lipinski definition) is 0. The Morgan fingerprint density at radius 1 is 0.479 bits per heavy atom. The summed E-state index contributed by atoms with van der Waals surface area (Å²) in [7, 11) is 4.67. The molecule has 2 nitrogen and oxygen atoms in total. The van der Waals surface area contributed by atoms with Crippen LogP contribution in [0.1, 0.15) is 63.0 Å². The van der Waals surface area contributed by atoms with E-state index >= 15 is 26.3 Å². The number of halogens is 15. The van der Waals surface area contributed by atoms with Crippen molar-refractivity contribution in [1.82, 2.24) is 0 Å². The van der Waals surface area contributed by atoms with Gasteiger partial charge in [0.05, 0.1) is 32.9 Å². The average Bonchev–Trinajstić information content (AvgIpc) is 3.05. The van der Waals surface area contributed by atoms with E-state index in [1.807, 2.05) is 0 Å². The quantitative estimate of drug-likeness (QED) is 0.0537. The van der Waals surface area contributed by atoms with Crippen molar-refractivity contribution >= 4 is 57.2 Å². The predicted molar refractivity (Wildman–Crippen MR) is 143 cm³/mol. The van der Waals surface area contributed by atoms with Crippen LogP contribution in [0.4, 0.5) is 61.5 Å². The molecule has 0 saturated heterocycles. The van der Waals surface area contributed by atoms with Gasteiger partial charge in [0.15, 0.2) is 69.8 Å². The summed E-state index contributed by atoms with van der Waals surface area (Å²) >= 11 is 1.33. The number of unbranched alkanes of at least 4 members (excludes halogenated alkanes) is 5. The Balaban J connectivity index is 0.00000307. The molecule has 4 aromatic rings. The van der Waals surface area contributed by atoms with E-state index in [0.29, 0.717) is 19.3 Å². The molecule has 0 atom stereocenters. The zero-order valence-electron chi connectivity index (χ0n) is 24.1. The Morgan fingerprint density at radius 3 is 1.06 bits per heavy atom. The average molecular weight is 735 g/mol. The molecular weight excluding hydrogens is 718 g/mol. The second kappa shape index (κ2) is 15.2. The van der Waals surface area contributed by atoms with Crippen LogP contribution in [0.3, 0.4) is 0 Å². The molecule has 0 heterocycles. The first-order chi connectivity index (χ1) is 22.5. The van der Waals surface area contributed by atoms with E-state index < -0.39 is 138 Å². The van der Waals surface area contributed by atoms with Gasteiger partial charge < -0.3 is 9.90 Å². The molecule has 0 saturated carbocycles. The van der Waals surface area contributed by atoms with Gasteiger partial charge in [0.1, 0.15) is 11.6 Å². The van der Waals surface area contributed by atoms with Crippen LogP contribution < -0.4 is 5.11 Å². The minimum atomic E-state index is -4.27. The van der Waals surface area contributed by atoms with E-state index in [4.69, 9.17) is 0 Å². The second-order valence-corrected chi connectivity index (χ2v) is 10.4. The summed E-state index contributed by atoms with van der Waals surface area (Å²) in [5.74, 6) is -42.2. The molecule has 18 heteroatoms. The van der Waals surface area contributed by atoms with Crippen molar-refractivity contribution < 1.29 is 71.4 Å². The number of fused-ring (bicyclic) bond motifs is 2. The molecule has 4 rings (SSSR count). The fourth-order valence-corrected chi connectivity index (χ4v) is 5.57. The number of aliphatic carboxylic acids is 1. The third kappa shape index (κ3) is 6.03. The first-order valence-electron chi connectivity index (χ1n) is 13.6. The number of carbonyl (C=O) groups excluding carboxylic acids is 1. The Hall–Kier alpha value is -3.05. The normalized spacial score (nSPS) is 11.8. The summed E-state index contributed by atoms with van der Waals surface area (Å²) in [4.78, 5) is 12.8. The molecule has 0 amide bonds. The molecule has 256 valence electrons. The van der Waals surface area contributed by atoms with Gasteiger partial charge in [-0.05, 0) is 6.42 Å². The minimum absolute atomic E-state index is 0.140. The fourth-order valence-electron chi connectivity index (χ4n) is 5.57. The molecule has 4 aromatic carbocycles. The van der Waals surface area contributed by atoms with Gasteiger partial charge in [-0.25, -0.2) is 61.5 Å². The fraction of sp³-hybridized carbons (Fsp3) is 0.300. The number of carboxylic acid groups (broad SMARTS) is 1. The van der Waals surface area contributed by atoms with E-state index in [1.54, 1.807) is 6.92 Å². The SMILES string of the molecule is CCCCCCCCC(C(=O)[O-])(c1c(F)c(F)c2c(F)c(F)c(F)c(F)c2c1F)c1c(F)c(F)c2c(F)c(F)c(F)c(F)c2c1F.[Mg+][Cl]. The van der Waals surface area contributed by atoms with Crippen molar-refractivity contribution in [2.24, 2.45) is 0 Å². The Morgan fingerprint density at radius 2 is 0.750 bits per heavy atom. The molecule has 0 fully saturated rings. The topological polar surface area (TPSA) is 40.1 Å². The van der Waals surface area contributed by atoms with Crippen molar-refractivity contribution in [3.05, 3.63) is 92.6 Å². The van der Waals surface area contributed by atoms with E-state index in [9.17, 15) is 45.0 Å². The van der Waals surface area contributed by atoms with E-state index in [-0.39, 0.29) is 12.8 Å². The van der Waals surface area contributed by atoms with Crippen LogP contribution in [-0.2, 0) is 10.2 Å². The van der Waals surface area contributed by atoms with Crippen LogP contribution >= 0.6 is 9.07 Å². The third-order valence-corrected chi connectivity index (χ3v) is 7.78. The van der Waals surface area contributed by atoms with Crippen molar-refractivity contribution in [2.45, 2.75) is 57.3 Å². The summed E-state index contributed by atoms with van der Waals surface area (Å²) in [6.45, 7) is 1.79. The number of carbonyl (C=O) groups is 1. The van der Waals surface area contributed by atoms with E-state index in [1.165, 1.54) is 20.6 Å². The summed E-state index contributed by atoms with van der Waals surface area (Å²) in [5, 5.41) is 3.71. The summed E-state index contributed by atoms with van der Waals surface area (Å²) < 4.78 is 208. The van der Waals surface area contributed by atoms with Gasteiger partial charge in [0.2, 0.25) is 0 Å². The van der Waals surface area contributed by atoms with Gasteiger partial charge in [-0.2, -0.15) is 0 Å². The molecule has 0 radical (unpaired) electrons. The van der Waals surface area contributed by atoms with E-state index in [2.05, 4.69) is 9.07 Å². The Kier molecular flexibility index (Phi) is 12.5. The van der Waals surface area contributed by atoms with Crippen LogP contribution in [0.5, 0.6) is 0 Å². The van der Waals surface area contributed by atoms with Crippen molar-refractivity contribution in [3.63, 3.8) is 0 Å². The van der Waals surface area contributed by atoms with Gasteiger partial charge in [-0.1, -0.05) is 45.4 Å². The van der Waals surface area contributed by atoms with Crippen LogP contribution in [0, 0.1) is 81.4 Å². The molecule has 0 aromatic heterocycles. The Bertz CT molecular complexity index is 1810. The van der Waals surface area contributed by atoms with E-state index in [0.717, 1.165) is 0 Å². The van der Waals surface area contributed by atoms with Crippen molar-refractivity contribution in [2.75, 3.05) is 0 Å². The third-order valence-electron chi connectivity index (χ3n) is 7.78. The van der Waals surface area contributed by atoms with Gasteiger partial charge >= 0.3 is 29.7 Å². The van der Waals surface area contributed by atoms with Gasteiger partial charge in [0.25, 0.3) is 0 Å². The number of carboxylic acids is 1. The molecule has 0 aliphatic heterocycles. The molecule has 0 aliphatic rings. The molecule has 0 spiro atoms. The molecule has 0 N–H and O–H groups in total. The Labute approximate surface area is 277 Å². The van der Waals surface area contributed by atoms with Crippen LogP contribution in [0.15, 0.2) is 0 Å². The molecule has 0 unspecified atom stereocenters. The van der Waals surface area contributed by atoms with Crippen LogP contribution in [-0.4, -0.2) is 26.6 Å². The van der Waals surface area contributed by atoms with Crippen LogP contribution in [0.25, 0.3) is 21.5 Å². The molecule has 0 bridgehead atoms. The second-order valence-electron chi connectivity index (χ2n) is 10.4.